The van der Waals surface area contributed by atoms with Crippen LogP contribution in [0.4, 0.5) is 0 Å². The molecular formula is C10H13NO. The van der Waals surface area contributed by atoms with Gasteiger partial charge in [-0.05, 0) is 36.8 Å². The van der Waals surface area contributed by atoms with E-state index in [0.29, 0.717) is 0 Å². The first kappa shape index (κ1) is 8.78. The van der Waals surface area contributed by atoms with Gasteiger partial charge in [-0.25, -0.2) is 0 Å². The highest BCUT2D eigenvalue weighted by atomic mass is 16.5. The highest BCUT2D eigenvalue weighted by molar-refractivity contribution is 5.79. The predicted octanol–water partition coefficient (Wildman–Crippen LogP) is 2.13. The Kier molecular flexibility index (Phi) is 3.33. The molecule has 0 spiro atoms. The summed E-state index contributed by atoms with van der Waals surface area (Å²) in [6, 6.07) is 7.82. The molecular weight excluding hydrogens is 150 g/mol. The maximum Gasteiger partial charge on any atom is 0.118 e. The van der Waals surface area contributed by atoms with Gasteiger partial charge >= 0.3 is 0 Å². The van der Waals surface area contributed by atoms with E-state index in [0.717, 1.165) is 17.9 Å². The lowest BCUT2D eigenvalue weighted by molar-refractivity contribution is 0.415. The molecule has 1 aromatic carbocycles. The van der Waals surface area contributed by atoms with Crippen molar-refractivity contribution < 1.29 is 4.74 Å². The summed E-state index contributed by atoms with van der Waals surface area (Å²) in [4.78, 5) is 4.13. The Hall–Kier alpha value is -1.31. The summed E-state index contributed by atoms with van der Waals surface area (Å²) in [5.74, 6) is 0.878. The molecule has 0 radical (unpaired) electrons. The van der Waals surface area contributed by atoms with E-state index in [9.17, 15) is 0 Å². The lowest BCUT2D eigenvalue weighted by Gasteiger charge is -1.98. The van der Waals surface area contributed by atoms with Crippen molar-refractivity contribution in [2.45, 2.75) is 6.92 Å². The Morgan fingerprint density at radius 1 is 1.33 bits per heavy atom. The van der Waals surface area contributed by atoms with Crippen LogP contribution in [0.25, 0.3) is 0 Å². The molecule has 0 aromatic heterocycles. The first-order valence-corrected chi connectivity index (χ1v) is 4.00. The van der Waals surface area contributed by atoms with Gasteiger partial charge < -0.3 is 4.74 Å². The summed E-state index contributed by atoms with van der Waals surface area (Å²) < 4.78 is 5.03. The van der Waals surface area contributed by atoms with Gasteiger partial charge in [-0.15, -0.1) is 0 Å². The van der Waals surface area contributed by atoms with Crippen molar-refractivity contribution in [2.24, 2.45) is 4.99 Å². The Bertz CT molecular complexity index is 251. The minimum atomic E-state index is 0.825. The van der Waals surface area contributed by atoms with E-state index in [-0.39, 0.29) is 0 Å². The molecule has 1 rings (SSSR count). The second-order valence-electron chi connectivity index (χ2n) is 2.40. The second-order valence-corrected chi connectivity index (χ2v) is 2.40. The molecule has 0 heterocycles. The van der Waals surface area contributed by atoms with Crippen LogP contribution in [0.5, 0.6) is 5.75 Å². The monoisotopic (exact) mass is 163 g/mol. The second kappa shape index (κ2) is 4.54. The zero-order valence-electron chi connectivity index (χ0n) is 7.45. The summed E-state index contributed by atoms with van der Waals surface area (Å²) in [5, 5.41) is 0. The Balaban J connectivity index is 2.71. The van der Waals surface area contributed by atoms with Crippen molar-refractivity contribution in [1.29, 1.82) is 0 Å². The number of hydrogen-bond acceptors (Lipinski definition) is 2. The van der Waals surface area contributed by atoms with E-state index in [4.69, 9.17) is 4.74 Å². The minimum absolute atomic E-state index is 0.825. The first-order valence-electron chi connectivity index (χ1n) is 4.00. The Morgan fingerprint density at radius 3 is 2.50 bits per heavy atom. The third-order valence-electron chi connectivity index (χ3n) is 1.54. The van der Waals surface area contributed by atoms with Crippen molar-refractivity contribution in [2.75, 3.05) is 13.7 Å². The molecule has 0 fully saturated rings. The molecule has 0 saturated carbocycles. The van der Waals surface area contributed by atoms with Crippen LogP contribution in [-0.4, -0.2) is 19.9 Å². The largest absolute Gasteiger partial charge is 0.497 e. The fraction of sp³-hybridized carbons (Fsp3) is 0.300. The molecule has 0 aliphatic carbocycles. The average Bonchev–Trinajstić information content (AvgIpc) is 2.15. The summed E-state index contributed by atoms with van der Waals surface area (Å²) in [5.41, 5.74) is 1.11. The van der Waals surface area contributed by atoms with Crippen molar-refractivity contribution in [3.8, 4) is 5.75 Å². The smallest absolute Gasteiger partial charge is 0.118 e. The fourth-order valence-corrected chi connectivity index (χ4v) is 0.887. The molecule has 2 nitrogen and oxygen atoms in total. The van der Waals surface area contributed by atoms with Crippen molar-refractivity contribution in [3.63, 3.8) is 0 Å². The quantitative estimate of drug-likeness (QED) is 0.625. The standard InChI is InChI=1S/C10H13NO/c1-3-11-8-9-4-6-10(12-2)7-5-9/h4-8H,3H2,1-2H3. The average molecular weight is 163 g/mol. The fourth-order valence-electron chi connectivity index (χ4n) is 0.887. The zero-order valence-corrected chi connectivity index (χ0v) is 7.45. The summed E-state index contributed by atoms with van der Waals surface area (Å²) in [6.45, 7) is 2.84. The molecule has 1 aromatic rings. The van der Waals surface area contributed by atoms with Gasteiger partial charge in [0.25, 0.3) is 0 Å². The van der Waals surface area contributed by atoms with Gasteiger partial charge in [-0.1, -0.05) is 0 Å². The lowest BCUT2D eigenvalue weighted by Crippen LogP contribution is -1.84. The molecule has 64 valence electrons. The number of rotatable bonds is 3. The summed E-state index contributed by atoms with van der Waals surface area (Å²) in [7, 11) is 1.66. The van der Waals surface area contributed by atoms with Crippen LogP contribution in [0.2, 0.25) is 0 Å². The molecule has 12 heavy (non-hydrogen) atoms. The van der Waals surface area contributed by atoms with Crippen LogP contribution < -0.4 is 4.74 Å². The molecule has 0 amide bonds. The molecule has 0 N–H and O–H groups in total. The predicted molar refractivity (Wildman–Crippen MR) is 51.1 cm³/mol. The number of ether oxygens (including phenoxy) is 1. The molecule has 2 heteroatoms. The number of methoxy groups -OCH3 is 1. The lowest BCUT2D eigenvalue weighted by atomic mass is 10.2. The normalized spacial score (nSPS) is 10.5. The van der Waals surface area contributed by atoms with Gasteiger partial charge in [0.1, 0.15) is 5.75 Å². The highest BCUT2D eigenvalue weighted by Crippen LogP contribution is 2.09. The van der Waals surface area contributed by atoms with Gasteiger partial charge in [0, 0.05) is 12.8 Å². The van der Waals surface area contributed by atoms with Crippen LogP contribution in [0.15, 0.2) is 29.3 Å². The zero-order chi connectivity index (χ0) is 8.81. The maximum atomic E-state index is 5.03. The SMILES string of the molecule is CCN=Cc1ccc(OC)cc1. The van der Waals surface area contributed by atoms with Crippen molar-refractivity contribution >= 4 is 6.21 Å². The van der Waals surface area contributed by atoms with Gasteiger partial charge in [0.2, 0.25) is 0 Å². The topological polar surface area (TPSA) is 21.6 Å². The molecule has 0 unspecified atom stereocenters. The van der Waals surface area contributed by atoms with Crippen molar-refractivity contribution in [3.05, 3.63) is 29.8 Å². The van der Waals surface area contributed by atoms with Crippen LogP contribution in [0, 0.1) is 0 Å². The number of hydrogen-bond donors (Lipinski definition) is 0. The molecule has 0 saturated heterocycles. The molecule has 0 bridgehead atoms. The van der Waals surface area contributed by atoms with Crippen LogP contribution in [0.3, 0.4) is 0 Å². The van der Waals surface area contributed by atoms with E-state index in [2.05, 4.69) is 4.99 Å². The molecule has 0 atom stereocenters. The van der Waals surface area contributed by atoms with E-state index >= 15 is 0 Å². The van der Waals surface area contributed by atoms with Gasteiger partial charge in [0.05, 0.1) is 7.11 Å². The highest BCUT2D eigenvalue weighted by Gasteiger charge is 1.89. The van der Waals surface area contributed by atoms with Gasteiger partial charge in [0.15, 0.2) is 0 Å². The van der Waals surface area contributed by atoms with E-state index in [1.165, 1.54) is 0 Å². The summed E-state index contributed by atoms with van der Waals surface area (Å²) in [6.07, 6.45) is 1.86. The van der Waals surface area contributed by atoms with E-state index in [1.54, 1.807) is 7.11 Å². The summed E-state index contributed by atoms with van der Waals surface area (Å²) >= 11 is 0. The van der Waals surface area contributed by atoms with Gasteiger partial charge in [-0.2, -0.15) is 0 Å². The minimum Gasteiger partial charge on any atom is -0.497 e. The number of nitrogens with zero attached hydrogens (tertiary/aromatic N) is 1. The maximum absolute atomic E-state index is 5.03. The number of benzene rings is 1. The van der Waals surface area contributed by atoms with E-state index < -0.39 is 0 Å². The molecule has 0 aliphatic heterocycles. The third kappa shape index (κ3) is 2.38. The molecule has 0 aliphatic rings. The first-order chi connectivity index (χ1) is 5.86. The number of aliphatic imine (C=N–C) groups is 1. The van der Waals surface area contributed by atoms with Crippen molar-refractivity contribution in [1.82, 2.24) is 0 Å². The van der Waals surface area contributed by atoms with Crippen LogP contribution in [-0.2, 0) is 0 Å². The van der Waals surface area contributed by atoms with Crippen LogP contribution >= 0.6 is 0 Å². The van der Waals surface area contributed by atoms with Gasteiger partial charge in [-0.3, -0.25) is 4.99 Å². The van der Waals surface area contributed by atoms with E-state index in [1.807, 2.05) is 37.4 Å². The Labute approximate surface area is 72.9 Å². The van der Waals surface area contributed by atoms with Crippen LogP contribution in [0.1, 0.15) is 12.5 Å². The Morgan fingerprint density at radius 2 is 2.00 bits per heavy atom. The third-order valence-corrected chi connectivity index (χ3v) is 1.54.